The first-order valence-electron chi connectivity index (χ1n) is 8.14. The summed E-state index contributed by atoms with van der Waals surface area (Å²) in [6, 6.07) is 0.400. The third-order valence-electron chi connectivity index (χ3n) is 5.14. The minimum absolute atomic E-state index is 0.400. The van der Waals surface area contributed by atoms with Crippen molar-refractivity contribution in [3.63, 3.8) is 0 Å². The summed E-state index contributed by atoms with van der Waals surface area (Å²) in [7, 11) is 0. The molecule has 0 aromatic carbocycles. The first kappa shape index (κ1) is 14.3. The van der Waals surface area contributed by atoms with E-state index in [2.05, 4.69) is 6.92 Å². The van der Waals surface area contributed by atoms with E-state index in [1.165, 1.54) is 57.8 Å². The van der Waals surface area contributed by atoms with Gasteiger partial charge in [-0.05, 0) is 43.4 Å². The third kappa shape index (κ3) is 3.96. The lowest BCUT2D eigenvalue weighted by Crippen LogP contribution is -2.42. The third-order valence-corrected chi connectivity index (χ3v) is 5.14. The van der Waals surface area contributed by atoms with Crippen molar-refractivity contribution in [2.75, 3.05) is 13.2 Å². The second-order valence-corrected chi connectivity index (χ2v) is 6.48. The molecule has 2 fully saturated rings. The molecule has 0 bridgehead atoms. The summed E-state index contributed by atoms with van der Waals surface area (Å²) in [5, 5.41) is 0. The molecule has 2 heteroatoms. The lowest BCUT2D eigenvalue weighted by Gasteiger charge is -2.37. The van der Waals surface area contributed by atoms with Gasteiger partial charge in [0.05, 0.1) is 6.61 Å². The van der Waals surface area contributed by atoms with Crippen LogP contribution < -0.4 is 5.73 Å². The van der Waals surface area contributed by atoms with Crippen molar-refractivity contribution in [1.29, 1.82) is 0 Å². The SMILES string of the molecule is CCCCC1CCC(C(N)C2CCCOC2)CC1. The molecule has 2 atom stereocenters. The van der Waals surface area contributed by atoms with Gasteiger partial charge in [0.15, 0.2) is 0 Å². The average Bonchev–Trinajstić information content (AvgIpc) is 2.46. The second kappa shape index (κ2) is 7.49. The van der Waals surface area contributed by atoms with Gasteiger partial charge < -0.3 is 10.5 Å². The highest BCUT2D eigenvalue weighted by Gasteiger charge is 2.31. The molecule has 18 heavy (non-hydrogen) atoms. The number of unbranched alkanes of at least 4 members (excludes halogenated alkanes) is 1. The summed E-state index contributed by atoms with van der Waals surface area (Å²) in [6.45, 7) is 4.16. The van der Waals surface area contributed by atoms with Gasteiger partial charge in [0.2, 0.25) is 0 Å². The molecule has 0 aromatic heterocycles. The number of nitrogens with two attached hydrogens (primary N) is 1. The molecule has 1 aliphatic heterocycles. The monoisotopic (exact) mass is 253 g/mol. The Labute approximate surface area is 113 Å². The Balaban J connectivity index is 1.71. The lowest BCUT2D eigenvalue weighted by atomic mass is 9.73. The van der Waals surface area contributed by atoms with Crippen molar-refractivity contribution < 1.29 is 4.74 Å². The molecular formula is C16H31NO. The maximum Gasteiger partial charge on any atom is 0.0509 e. The van der Waals surface area contributed by atoms with Crippen LogP contribution in [0.4, 0.5) is 0 Å². The van der Waals surface area contributed by atoms with E-state index < -0.39 is 0 Å². The predicted octanol–water partition coefficient (Wildman–Crippen LogP) is 3.74. The molecular weight excluding hydrogens is 222 g/mol. The first-order valence-corrected chi connectivity index (χ1v) is 8.14. The fourth-order valence-electron chi connectivity index (χ4n) is 3.81. The number of rotatable bonds is 5. The minimum Gasteiger partial charge on any atom is -0.381 e. The van der Waals surface area contributed by atoms with E-state index in [4.69, 9.17) is 10.5 Å². The van der Waals surface area contributed by atoms with Crippen LogP contribution in [0.2, 0.25) is 0 Å². The van der Waals surface area contributed by atoms with Crippen LogP contribution in [-0.2, 0) is 4.74 Å². The standard InChI is InChI=1S/C16H31NO/c1-2-3-5-13-7-9-14(10-8-13)16(17)15-6-4-11-18-12-15/h13-16H,2-12,17H2,1H3. The van der Waals surface area contributed by atoms with Crippen molar-refractivity contribution in [3.05, 3.63) is 0 Å². The van der Waals surface area contributed by atoms with Crippen LogP contribution >= 0.6 is 0 Å². The topological polar surface area (TPSA) is 35.2 Å². The number of hydrogen-bond donors (Lipinski definition) is 1. The van der Waals surface area contributed by atoms with E-state index in [9.17, 15) is 0 Å². The molecule has 0 aromatic rings. The van der Waals surface area contributed by atoms with Gasteiger partial charge in [0.1, 0.15) is 0 Å². The van der Waals surface area contributed by atoms with Crippen molar-refractivity contribution >= 4 is 0 Å². The first-order chi connectivity index (χ1) is 8.81. The van der Waals surface area contributed by atoms with E-state index in [0.29, 0.717) is 12.0 Å². The molecule has 0 spiro atoms. The largest absolute Gasteiger partial charge is 0.381 e. The molecule has 2 nitrogen and oxygen atoms in total. The van der Waals surface area contributed by atoms with Gasteiger partial charge in [-0.25, -0.2) is 0 Å². The lowest BCUT2D eigenvalue weighted by molar-refractivity contribution is 0.0307. The molecule has 0 amide bonds. The molecule has 2 rings (SSSR count). The normalized spacial score (nSPS) is 35.3. The van der Waals surface area contributed by atoms with Crippen LogP contribution in [0.3, 0.4) is 0 Å². The van der Waals surface area contributed by atoms with Crippen LogP contribution in [-0.4, -0.2) is 19.3 Å². The van der Waals surface area contributed by atoms with Gasteiger partial charge in [0.25, 0.3) is 0 Å². The Kier molecular flexibility index (Phi) is 5.97. The summed E-state index contributed by atoms with van der Waals surface area (Å²) in [6.07, 6.45) is 12.3. The quantitative estimate of drug-likeness (QED) is 0.810. The van der Waals surface area contributed by atoms with E-state index in [0.717, 1.165) is 25.0 Å². The Morgan fingerprint density at radius 3 is 2.50 bits per heavy atom. The summed E-state index contributed by atoms with van der Waals surface area (Å²) in [4.78, 5) is 0. The van der Waals surface area contributed by atoms with E-state index in [1.54, 1.807) is 0 Å². The minimum atomic E-state index is 0.400. The van der Waals surface area contributed by atoms with Gasteiger partial charge in [-0.15, -0.1) is 0 Å². The van der Waals surface area contributed by atoms with E-state index in [-0.39, 0.29) is 0 Å². The smallest absolute Gasteiger partial charge is 0.0509 e. The summed E-state index contributed by atoms with van der Waals surface area (Å²) < 4.78 is 5.59. The molecule has 2 N–H and O–H groups in total. The van der Waals surface area contributed by atoms with Crippen LogP contribution in [0.5, 0.6) is 0 Å². The molecule has 106 valence electrons. The van der Waals surface area contributed by atoms with E-state index >= 15 is 0 Å². The van der Waals surface area contributed by atoms with Crippen molar-refractivity contribution in [1.82, 2.24) is 0 Å². The van der Waals surface area contributed by atoms with Crippen molar-refractivity contribution in [2.45, 2.75) is 70.8 Å². The molecule has 2 unspecified atom stereocenters. The fourth-order valence-corrected chi connectivity index (χ4v) is 3.81. The molecule has 1 aliphatic carbocycles. The van der Waals surface area contributed by atoms with Gasteiger partial charge >= 0.3 is 0 Å². The van der Waals surface area contributed by atoms with E-state index in [1.807, 2.05) is 0 Å². The summed E-state index contributed by atoms with van der Waals surface area (Å²) in [5.41, 5.74) is 6.49. The van der Waals surface area contributed by atoms with Gasteiger partial charge in [0, 0.05) is 12.6 Å². The maximum absolute atomic E-state index is 6.49. The van der Waals surface area contributed by atoms with Crippen LogP contribution in [0.25, 0.3) is 0 Å². The Hall–Kier alpha value is -0.0800. The highest BCUT2D eigenvalue weighted by molar-refractivity contribution is 4.85. The second-order valence-electron chi connectivity index (χ2n) is 6.48. The molecule has 1 saturated carbocycles. The zero-order chi connectivity index (χ0) is 12.8. The summed E-state index contributed by atoms with van der Waals surface area (Å²) in [5.74, 6) is 2.40. The number of hydrogen-bond acceptors (Lipinski definition) is 2. The number of ether oxygens (including phenoxy) is 1. The highest BCUT2D eigenvalue weighted by atomic mass is 16.5. The molecule has 1 heterocycles. The Bertz CT molecular complexity index is 217. The van der Waals surface area contributed by atoms with Crippen LogP contribution in [0.15, 0.2) is 0 Å². The fraction of sp³-hybridized carbons (Fsp3) is 1.00. The predicted molar refractivity (Wildman–Crippen MR) is 76.5 cm³/mol. The van der Waals surface area contributed by atoms with Crippen LogP contribution in [0.1, 0.15) is 64.7 Å². The molecule has 0 radical (unpaired) electrons. The zero-order valence-electron chi connectivity index (χ0n) is 12.1. The Morgan fingerprint density at radius 1 is 1.11 bits per heavy atom. The van der Waals surface area contributed by atoms with Crippen LogP contribution in [0, 0.1) is 17.8 Å². The average molecular weight is 253 g/mol. The maximum atomic E-state index is 6.49. The van der Waals surface area contributed by atoms with Gasteiger partial charge in [-0.2, -0.15) is 0 Å². The highest BCUT2D eigenvalue weighted by Crippen LogP contribution is 2.35. The van der Waals surface area contributed by atoms with Gasteiger partial charge in [-0.1, -0.05) is 39.0 Å². The Morgan fingerprint density at radius 2 is 1.89 bits per heavy atom. The summed E-state index contributed by atoms with van der Waals surface area (Å²) >= 11 is 0. The van der Waals surface area contributed by atoms with Crippen molar-refractivity contribution in [2.24, 2.45) is 23.5 Å². The van der Waals surface area contributed by atoms with Gasteiger partial charge in [-0.3, -0.25) is 0 Å². The molecule has 1 saturated heterocycles. The zero-order valence-corrected chi connectivity index (χ0v) is 12.1. The van der Waals surface area contributed by atoms with Crippen molar-refractivity contribution in [3.8, 4) is 0 Å². The molecule has 2 aliphatic rings.